The molecule has 35 heavy (non-hydrogen) atoms. The molecule has 0 radical (unpaired) electrons. The van der Waals surface area contributed by atoms with Crippen LogP contribution in [0.3, 0.4) is 0 Å². The first kappa shape index (κ1) is 25.6. The molecule has 0 saturated carbocycles. The summed E-state index contributed by atoms with van der Waals surface area (Å²) >= 11 is 0. The third-order valence-corrected chi connectivity index (χ3v) is 5.53. The number of nitrogens with zero attached hydrogens (tertiary/aromatic N) is 4. The smallest absolute Gasteiger partial charge is 0.270 e. The number of carbonyl (C=O) groups excluding carboxylic acids is 2. The highest BCUT2D eigenvalue weighted by Gasteiger charge is 2.25. The highest BCUT2D eigenvalue weighted by molar-refractivity contribution is 5.99. The Kier molecular flexibility index (Phi) is 7.38. The Hall–Kier alpha value is -4.01. The highest BCUT2D eigenvalue weighted by atomic mass is 16.6. The molecule has 9 nitrogen and oxygen atoms in total. The lowest BCUT2D eigenvalue weighted by Gasteiger charge is -2.26. The van der Waals surface area contributed by atoms with E-state index in [2.05, 4.69) is 5.32 Å². The van der Waals surface area contributed by atoms with Crippen molar-refractivity contribution in [2.45, 2.75) is 53.0 Å². The van der Waals surface area contributed by atoms with E-state index in [9.17, 15) is 19.7 Å². The highest BCUT2D eigenvalue weighted by Crippen LogP contribution is 2.26. The van der Waals surface area contributed by atoms with Gasteiger partial charge >= 0.3 is 0 Å². The molecule has 0 aliphatic heterocycles. The van der Waals surface area contributed by atoms with Crippen LogP contribution in [0.2, 0.25) is 0 Å². The molecule has 184 valence electrons. The van der Waals surface area contributed by atoms with Crippen molar-refractivity contribution in [3.8, 4) is 5.69 Å². The largest absolute Gasteiger partial charge is 0.327 e. The number of nitro benzene ring substituents is 1. The molecule has 2 aromatic carbocycles. The van der Waals surface area contributed by atoms with Crippen LogP contribution in [-0.2, 0) is 10.2 Å². The Morgan fingerprint density at radius 1 is 1.11 bits per heavy atom. The first-order valence-electron chi connectivity index (χ1n) is 11.4. The van der Waals surface area contributed by atoms with Crippen LogP contribution in [0.25, 0.3) is 5.69 Å². The molecule has 0 spiro atoms. The molecule has 9 heteroatoms. The molecule has 1 heterocycles. The van der Waals surface area contributed by atoms with Crippen molar-refractivity contribution in [2.24, 2.45) is 0 Å². The minimum Gasteiger partial charge on any atom is -0.327 e. The van der Waals surface area contributed by atoms with Gasteiger partial charge in [0.2, 0.25) is 5.91 Å². The second-order valence-electron chi connectivity index (χ2n) is 9.79. The predicted octanol–water partition coefficient (Wildman–Crippen LogP) is 4.88. The molecular formula is C26H31N5O4. The number of hydrogen-bond donors (Lipinski definition) is 1. The van der Waals surface area contributed by atoms with E-state index in [0.29, 0.717) is 5.82 Å². The van der Waals surface area contributed by atoms with Crippen LogP contribution in [-0.4, -0.2) is 44.0 Å². The fourth-order valence-corrected chi connectivity index (χ4v) is 3.46. The fourth-order valence-electron chi connectivity index (χ4n) is 3.46. The summed E-state index contributed by atoms with van der Waals surface area (Å²) < 4.78 is 1.68. The maximum Gasteiger partial charge on any atom is 0.270 e. The van der Waals surface area contributed by atoms with Gasteiger partial charge in [0, 0.05) is 35.2 Å². The van der Waals surface area contributed by atoms with Gasteiger partial charge in [0.25, 0.3) is 11.6 Å². The van der Waals surface area contributed by atoms with Gasteiger partial charge in [0.1, 0.15) is 12.4 Å². The van der Waals surface area contributed by atoms with Crippen molar-refractivity contribution in [1.82, 2.24) is 14.7 Å². The van der Waals surface area contributed by atoms with Crippen LogP contribution in [0.15, 0.2) is 54.6 Å². The van der Waals surface area contributed by atoms with Gasteiger partial charge in [-0.25, -0.2) is 4.68 Å². The van der Waals surface area contributed by atoms with E-state index < -0.39 is 16.7 Å². The second kappa shape index (κ2) is 10.1. The molecule has 0 aliphatic carbocycles. The van der Waals surface area contributed by atoms with E-state index in [1.807, 2.05) is 58.0 Å². The average Bonchev–Trinajstić information content (AvgIpc) is 3.21. The molecule has 0 atom stereocenters. The van der Waals surface area contributed by atoms with E-state index in [0.717, 1.165) is 16.9 Å². The molecule has 0 aliphatic rings. The van der Waals surface area contributed by atoms with E-state index in [4.69, 9.17) is 5.10 Å². The molecule has 3 rings (SSSR count). The standard InChI is InChI=1S/C26H31N5O4/c1-17(2)29(25(33)19-8-7-9-21(14-19)31(34)35)16-24(32)27-23-15-22(26(4,5)6)28-30(23)20-12-10-18(3)11-13-20/h7-15,17H,16H2,1-6H3,(H,27,32). The van der Waals surface area contributed by atoms with Crippen molar-refractivity contribution in [3.63, 3.8) is 0 Å². The number of benzene rings is 2. The van der Waals surface area contributed by atoms with Gasteiger partial charge in [-0.3, -0.25) is 19.7 Å². The number of aryl methyl sites for hydroxylation is 1. The van der Waals surface area contributed by atoms with Gasteiger partial charge in [-0.2, -0.15) is 5.10 Å². The monoisotopic (exact) mass is 477 g/mol. The van der Waals surface area contributed by atoms with E-state index in [1.54, 1.807) is 18.5 Å². The molecule has 0 saturated heterocycles. The molecule has 1 N–H and O–H groups in total. The average molecular weight is 478 g/mol. The van der Waals surface area contributed by atoms with Crippen molar-refractivity contribution in [2.75, 3.05) is 11.9 Å². The summed E-state index contributed by atoms with van der Waals surface area (Å²) in [5, 5.41) is 18.7. The quantitative estimate of drug-likeness (QED) is 0.385. The van der Waals surface area contributed by atoms with Crippen LogP contribution in [0.5, 0.6) is 0 Å². The van der Waals surface area contributed by atoms with Crippen LogP contribution in [0.4, 0.5) is 11.5 Å². The topological polar surface area (TPSA) is 110 Å². The zero-order valence-corrected chi connectivity index (χ0v) is 20.9. The normalized spacial score (nSPS) is 11.4. The molecule has 0 bridgehead atoms. The summed E-state index contributed by atoms with van der Waals surface area (Å²) in [6.07, 6.45) is 0. The Morgan fingerprint density at radius 2 is 1.77 bits per heavy atom. The minimum absolute atomic E-state index is 0.153. The maximum atomic E-state index is 13.1. The number of nitro groups is 1. The molecule has 3 aromatic rings. The Balaban J connectivity index is 1.87. The van der Waals surface area contributed by atoms with Crippen molar-refractivity contribution >= 4 is 23.3 Å². The number of rotatable bonds is 7. The SMILES string of the molecule is Cc1ccc(-n2nc(C(C)(C)C)cc2NC(=O)CN(C(=O)c2cccc([N+](=O)[O-])c2)C(C)C)cc1. The maximum absolute atomic E-state index is 13.1. The lowest BCUT2D eigenvalue weighted by atomic mass is 9.92. The predicted molar refractivity (Wildman–Crippen MR) is 135 cm³/mol. The molecular weight excluding hydrogens is 446 g/mol. The zero-order valence-electron chi connectivity index (χ0n) is 20.9. The lowest BCUT2D eigenvalue weighted by Crippen LogP contribution is -2.42. The Morgan fingerprint density at radius 3 is 2.34 bits per heavy atom. The van der Waals surface area contributed by atoms with Crippen LogP contribution >= 0.6 is 0 Å². The van der Waals surface area contributed by atoms with Gasteiger partial charge in [-0.15, -0.1) is 0 Å². The number of non-ortho nitro benzene ring substituents is 1. The zero-order chi connectivity index (χ0) is 25.9. The van der Waals surface area contributed by atoms with Gasteiger partial charge in [-0.05, 0) is 39.0 Å². The van der Waals surface area contributed by atoms with Crippen LogP contribution < -0.4 is 5.32 Å². The first-order chi connectivity index (χ1) is 16.4. The van der Waals surface area contributed by atoms with E-state index >= 15 is 0 Å². The summed E-state index contributed by atoms with van der Waals surface area (Å²) in [7, 11) is 0. The Bertz CT molecular complexity index is 1240. The number of aromatic nitrogens is 2. The first-order valence-corrected chi connectivity index (χ1v) is 11.4. The number of anilines is 1. The summed E-state index contributed by atoms with van der Waals surface area (Å²) in [5.74, 6) is -0.359. The van der Waals surface area contributed by atoms with Gasteiger partial charge in [-0.1, -0.05) is 44.5 Å². The van der Waals surface area contributed by atoms with Crippen molar-refractivity contribution < 1.29 is 14.5 Å². The molecule has 2 amide bonds. The molecule has 0 fully saturated rings. The van der Waals surface area contributed by atoms with Gasteiger partial charge in [0.15, 0.2) is 0 Å². The molecule has 1 aromatic heterocycles. The van der Waals surface area contributed by atoms with E-state index in [-0.39, 0.29) is 29.3 Å². The number of amides is 2. The molecule has 0 unspecified atom stereocenters. The van der Waals surface area contributed by atoms with Crippen molar-refractivity contribution in [1.29, 1.82) is 0 Å². The minimum atomic E-state index is -0.553. The van der Waals surface area contributed by atoms with Crippen LogP contribution in [0, 0.1) is 17.0 Å². The second-order valence-corrected chi connectivity index (χ2v) is 9.79. The van der Waals surface area contributed by atoms with Crippen molar-refractivity contribution in [3.05, 3.63) is 81.5 Å². The summed E-state index contributed by atoms with van der Waals surface area (Å²) in [6.45, 7) is 11.5. The summed E-state index contributed by atoms with van der Waals surface area (Å²) in [6, 6.07) is 14.8. The van der Waals surface area contributed by atoms with E-state index in [1.165, 1.54) is 29.2 Å². The van der Waals surface area contributed by atoms with Gasteiger partial charge in [0.05, 0.1) is 16.3 Å². The summed E-state index contributed by atoms with van der Waals surface area (Å²) in [5.41, 5.74) is 2.45. The van der Waals surface area contributed by atoms with Gasteiger partial charge < -0.3 is 10.2 Å². The summed E-state index contributed by atoms with van der Waals surface area (Å²) in [4.78, 5) is 38.1. The Labute approximate surface area is 204 Å². The third kappa shape index (κ3) is 6.11. The lowest BCUT2D eigenvalue weighted by molar-refractivity contribution is -0.384. The number of hydrogen-bond acceptors (Lipinski definition) is 5. The number of carbonyl (C=O) groups is 2. The third-order valence-electron chi connectivity index (χ3n) is 5.53. The van der Waals surface area contributed by atoms with Crippen LogP contribution in [0.1, 0.15) is 56.2 Å². The fraction of sp³-hybridized carbons (Fsp3) is 0.346. The number of nitrogens with one attached hydrogen (secondary N) is 1.